The first-order chi connectivity index (χ1) is 9.56. The fourth-order valence-corrected chi connectivity index (χ4v) is 2.73. The Labute approximate surface area is 120 Å². The highest BCUT2D eigenvalue weighted by Gasteiger charge is 2.14. The summed E-state index contributed by atoms with van der Waals surface area (Å²) in [6.07, 6.45) is 3.88. The molecule has 1 aromatic carbocycles. The van der Waals surface area contributed by atoms with E-state index in [9.17, 15) is 8.78 Å². The summed E-state index contributed by atoms with van der Waals surface area (Å²) in [6, 6.07) is 2.87. The van der Waals surface area contributed by atoms with E-state index < -0.39 is 11.6 Å². The molecule has 1 N–H and O–H groups in total. The summed E-state index contributed by atoms with van der Waals surface area (Å²) < 4.78 is 26.8. The fourth-order valence-electron chi connectivity index (χ4n) is 2.73. The van der Waals surface area contributed by atoms with Crippen LogP contribution in [0.3, 0.4) is 0 Å². The molecule has 1 saturated heterocycles. The molecule has 0 aliphatic carbocycles. The molecule has 1 aromatic rings. The molecule has 0 saturated carbocycles. The molecule has 2 nitrogen and oxygen atoms in total. The molecule has 1 heterocycles. The van der Waals surface area contributed by atoms with Crippen LogP contribution >= 0.6 is 0 Å². The van der Waals surface area contributed by atoms with Crippen LogP contribution in [0.5, 0.6) is 0 Å². The smallest absolute Gasteiger partial charge is 0.130 e. The van der Waals surface area contributed by atoms with Crippen LogP contribution in [0.15, 0.2) is 12.1 Å². The minimum atomic E-state index is -0.479. The Morgan fingerprint density at radius 1 is 1.15 bits per heavy atom. The molecule has 2 rings (SSSR count). The molecule has 4 heteroatoms. The summed E-state index contributed by atoms with van der Waals surface area (Å²) in [5.74, 6) is -0.946. The molecular formula is C16H24F2N2. The van der Waals surface area contributed by atoms with Gasteiger partial charge >= 0.3 is 0 Å². The number of nitrogens with zero attached hydrogens (tertiary/aromatic N) is 1. The first-order valence-corrected chi connectivity index (χ1v) is 7.46. The van der Waals surface area contributed by atoms with Gasteiger partial charge in [0.05, 0.1) is 0 Å². The molecule has 0 aromatic heterocycles. The zero-order valence-corrected chi connectivity index (χ0v) is 12.4. The summed E-state index contributed by atoms with van der Waals surface area (Å²) in [5.41, 5.74) is 1.03. The largest absolute Gasteiger partial charge is 0.309 e. The Morgan fingerprint density at radius 2 is 1.85 bits per heavy atom. The van der Waals surface area contributed by atoms with Crippen molar-refractivity contribution >= 4 is 0 Å². The second-order valence-corrected chi connectivity index (χ2v) is 5.84. The fraction of sp³-hybridized carbons (Fsp3) is 0.625. The third-order valence-corrected chi connectivity index (χ3v) is 3.95. The standard InChI is InChI=1S/C16H24F2N2/c1-12-8-14(16(18)9-15(12)17)10-19-13(2)11-20-6-4-3-5-7-20/h8-9,13,19H,3-7,10-11H2,1-2H3. The van der Waals surface area contributed by atoms with Crippen molar-refractivity contribution in [2.45, 2.75) is 45.7 Å². The number of nitrogens with one attached hydrogen (secondary N) is 1. The molecule has 1 aliphatic rings. The topological polar surface area (TPSA) is 15.3 Å². The summed E-state index contributed by atoms with van der Waals surface area (Å²) in [4.78, 5) is 2.45. The molecule has 112 valence electrons. The second kappa shape index (κ2) is 7.14. The maximum atomic E-state index is 13.6. The third-order valence-electron chi connectivity index (χ3n) is 3.95. The van der Waals surface area contributed by atoms with E-state index in [1.807, 2.05) is 0 Å². The number of rotatable bonds is 5. The molecule has 1 fully saturated rings. The van der Waals surface area contributed by atoms with Gasteiger partial charge in [0.1, 0.15) is 11.6 Å². The van der Waals surface area contributed by atoms with E-state index in [4.69, 9.17) is 0 Å². The van der Waals surface area contributed by atoms with Crippen molar-refractivity contribution < 1.29 is 8.78 Å². The first kappa shape index (κ1) is 15.4. The minimum absolute atomic E-state index is 0.304. The van der Waals surface area contributed by atoms with Crippen molar-refractivity contribution in [3.8, 4) is 0 Å². The van der Waals surface area contributed by atoms with Crippen LogP contribution in [-0.4, -0.2) is 30.6 Å². The summed E-state index contributed by atoms with van der Waals surface area (Å²) in [7, 11) is 0. The number of benzene rings is 1. The van der Waals surface area contributed by atoms with Gasteiger partial charge in [-0.2, -0.15) is 0 Å². The monoisotopic (exact) mass is 282 g/mol. The zero-order valence-electron chi connectivity index (χ0n) is 12.4. The summed E-state index contributed by atoms with van der Waals surface area (Å²) in [6.45, 7) is 7.54. The third kappa shape index (κ3) is 4.25. The zero-order chi connectivity index (χ0) is 14.5. The van der Waals surface area contributed by atoms with Crippen LogP contribution in [-0.2, 0) is 6.54 Å². The SMILES string of the molecule is Cc1cc(CNC(C)CN2CCCCC2)c(F)cc1F. The van der Waals surface area contributed by atoms with Gasteiger partial charge in [0, 0.05) is 30.8 Å². The molecule has 0 amide bonds. The van der Waals surface area contributed by atoms with Gasteiger partial charge in [-0.15, -0.1) is 0 Å². The molecule has 0 radical (unpaired) electrons. The lowest BCUT2D eigenvalue weighted by molar-refractivity contribution is 0.208. The van der Waals surface area contributed by atoms with Gasteiger partial charge in [0.2, 0.25) is 0 Å². The maximum absolute atomic E-state index is 13.6. The first-order valence-electron chi connectivity index (χ1n) is 7.46. The van der Waals surface area contributed by atoms with E-state index in [2.05, 4.69) is 17.1 Å². The predicted molar refractivity (Wildman–Crippen MR) is 77.7 cm³/mol. The maximum Gasteiger partial charge on any atom is 0.130 e. The highest BCUT2D eigenvalue weighted by Crippen LogP contribution is 2.14. The van der Waals surface area contributed by atoms with Crippen molar-refractivity contribution in [3.05, 3.63) is 34.9 Å². The molecule has 0 bridgehead atoms. The van der Waals surface area contributed by atoms with Crippen molar-refractivity contribution in [1.29, 1.82) is 0 Å². The molecule has 20 heavy (non-hydrogen) atoms. The summed E-state index contributed by atoms with van der Waals surface area (Å²) in [5, 5.41) is 3.33. The number of hydrogen-bond donors (Lipinski definition) is 1. The van der Waals surface area contributed by atoms with E-state index in [-0.39, 0.29) is 0 Å². The number of likely N-dealkylation sites (tertiary alicyclic amines) is 1. The van der Waals surface area contributed by atoms with Crippen molar-refractivity contribution in [3.63, 3.8) is 0 Å². The van der Waals surface area contributed by atoms with E-state index >= 15 is 0 Å². The minimum Gasteiger partial charge on any atom is -0.309 e. The Balaban J connectivity index is 1.83. The lowest BCUT2D eigenvalue weighted by Gasteiger charge is -2.29. The van der Waals surface area contributed by atoms with Crippen LogP contribution < -0.4 is 5.32 Å². The van der Waals surface area contributed by atoms with Crippen LogP contribution in [0.1, 0.15) is 37.3 Å². The lowest BCUT2D eigenvalue weighted by Crippen LogP contribution is -2.41. The number of piperidine rings is 1. The normalized spacial score (nSPS) is 18.2. The highest BCUT2D eigenvalue weighted by molar-refractivity contribution is 5.25. The van der Waals surface area contributed by atoms with E-state index in [1.165, 1.54) is 19.3 Å². The Kier molecular flexibility index (Phi) is 5.49. The van der Waals surface area contributed by atoms with Gasteiger partial charge < -0.3 is 10.2 Å². The van der Waals surface area contributed by atoms with Crippen molar-refractivity contribution in [2.24, 2.45) is 0 Å². The van der Waals surface area contributed by atoms with Crippen LogP contribution in [0, 0.1) is 18.6 Å². The highest BCUT2D eigenvalue weighted by atomic mass is 19.1. The van der Waals surface area contributed by atoms with Crippen LogP contribution in [0.4, 0.5) is 8.78 Å². The van der Waals surface area contributed by atoms with Gasteiger partial charge in [-0.25, -0.2) is 8.78 Å². The second-order valence-electron chi connectivity index (χ2n) is 5.84. The molecule has 1 aliphatic heterocycles. The summed E-state index contributed by atoms with van der Waals surface area (Å²) >= 11 is 0. The van der Waals surface area contributed by atoms with Crippen LogP contribution in [0.2, 0.25) is 0 Å². The van der Waals surface area contributed by atoms with E-state index in [0.717, 1.165) is 25.7 Å². The number of hydrogen-bond acceptors (Lipinski definition) is 2. The average Bonchev–Trinajstić information content (AvgIpc) is 2.42. The van der Waals surface area contributed by atoms with Gasteiger partial charge in [0.25, 0.3) is 0 Å². The lowest BCUT2D eigenvalue weighted by atomic mass is 10.1. The van der Waals surface area contributed by atoms with Crippen molar-refractivity contribution in [2.75, 3.05) is 19.6 Å². The predicted octanol–water partition coefficient (Wildman–Crippen LogP) is 3.24. The van der Waals surface area contributed by atoms with Gasteiger partial charge in [-0.1, -0.05) is 6.42 Å². The van der Waals surface area contributed by atoms with Crippen LogP contribution in [0.25, 0.3) is 0 Å². The molecule has 0 spiro atoms. The molecular weight excluding hydrogens is 258 g/mol. The Hall–Kier alpha value is -1.00. The number of halogens is 2. The van der Waals surface area contributed by atoms with Gasteiger partial charge in [-0.05, 0) is 51.4 Å². The van der Waals surface area contributed by atoms with Gasteiger partial charge in [0.15, 0.2) is 0 Å². The van der Waals surface area contributed by atoms with E-state index in [0.29, 0.717) is 23.7 Å². The Bertz CT molecular complexity index is 442. The molecule has 1 unspecified atom stereocenters. The Morgan fingerprint density at radius 3 is 2.55 bits per heavy atom. The van der Waals surface area contributed by atoms with Crippen molar-refractivity contribution in [1.82, 2.24) is 10.2 Å². The van der Waals surface area contributed by atoms with Gasteiger partial charge in [-0.3, -0.25) is 0 Å². The van der Waals surface area contributed by atoms with E-state index in [1.54, 1.807) is 13.0 Å². The average molecular weight is 282 g/mol. The number of aryl methyl sites for hydroxylation is 1. The molecule has 1 atom stereocenters. The quantitative estimate of drug-likeness (QED) is 0.892.